The topological polar surface area (TPSA) is 12.9 Å². The molecule has 4 aromatic rings. The smallest absolute Gasteiger partial charge is 0.200 e. The summed E-state index contributed by atoms with van der Waals surface area (Å²) in [7, 11) is 0. The minimum Gasteiger partial charge on any atom is -0.248 e. The Morgan fingerprint density at radius 2 is 0.962 bits per heavy atom. The number of rotatable bonds is 0. The summed E-state index contributed by atoms with van der Waals surface area (Å²) in [5, 5.41) is 2.40. The SMILES string of the molecule is Fc1c(F)c(F)c(Br)c(F)c1F.c1ccc2nc3ccccc3cc2c1. The minimum absolute atomic E-state index is 1.06. The highest BCUT2D eigenvalue weighted by molar-refractivity contribution is 9.10. The Balaban J connectivity index is 0.000000153. The molecule has 0 atom stereocenters. The van der Waals surface area contributed by atoms with E-state index in [9.17, 15) is 22.0 Å². The van der Waals surface area contributed by atoms with E-state index in [-0.39, 0.29) is 0 Å². The van der Waals surface area contributed by atoms with Crippen LogP contribution in [-0.2, 0) is 0 Å². The second-order valence-corrected chi connectivity index (χ2v) is 6.05. The number of nitrogens with zero attached hydrogens (tertiary/aromatic N) is 1. The first-order chi connectivity index (χ1) is 12.4. The molecule has 0 aliphatic heterocycles. The summed E-state index contributed by atoms with van der Waals surface area (Å²) >= 11 is 2.22. The van der Waals surface area contributed by atoms with Crippen molar-refractivity contribution in [3.8, 4) is 0 Å². The molecule has 0 N–H and O–H groups in total. The molecule has 1 aromatic heterocycles. The van der Waals surface area contributed by atoms with Crippen LogP contribution in [-0.4, -0.2) is 4.98 Å². The van der Waals surface area contributed by atoms with E-state index < -0.39 is 33.6 Å². The minimum atomic E-state index is -2.16. The average molecular weight is 426 g/mol. The zero-order valence-electron chi connectivity index (χ0n) is 12.9. The van der Waals surface area contributed by atoms with Crippen LogP contribution in [0.3, 0.4) is 0 Å². The highest BCUT2D eigenvalue weighted by atomic mass is 79.9. The van der Waals surface area contributed by atoms with Crippen LogP contribution in [0, 0.1) is 29.1 Å². The monoisotopic (exact) mass is 425 g/mol. The maximum absolute atomic E-state index is 12.4. The van der Waals surface area contributed by atoms with Crippen molar-refractivity contribution in [2.75, 3.05) is 0 Å². The van der Waals surface area contributed by atoms with Crippen molar-refractivity contribution < 1.29 is 22.0 Å². The van der Waals surface area contributed by atoms with E-state index in [1.165, 1.54) is 10.8 Å². The molecule has 0 spiro atoms. The molecule has 1 heterocycles. The molecule has 0 bridgehead atoms. The summed E-state index contributed by atoms with van der Waals surface area (Å²) in [6, 6.07) is 18.6. The molecule has 132 valence electrons. The fourth-order valence-electron chi connectivity index (χ4n) is 2.30. The molecule has 0 radical (unpaired) electrons. The van der Waals surface area contributed by atoms with Crippen molar-refractivity contribution in [1.82, 2.24) is 4.98 Å². The van der Waals surface area contributed by atoms with Crippen LogP contribution in [0.4, 0.5) is 22.0 Å². The third-order valence-corrected chi connectivity index (χ3v) is 4.28. The standard InChI is InChI=1S/C13H9N.C6BrF5/c1-3-7-12-10(5-1)9-11-6-2-4-8-13(11)14-12;7-1-2(8)4(10)6(12)5(11)3(1)9/h1-9H;. The summed E-state index contributed by atoms with van der Waals surface area (Å²) in [5.74, 6) is -9.81. The lowest BCUT2D eigenvalue weighted by Gasteiger charge is -2.00. The predicted molar refractivity (Wildman–Crippen MR) is 93.2 cm³/mol. The molecule has 26 heavy (non-hydrogen) atoms. The Morgan fingerprint density at radius 3 is 1.42 bits per heavy atom. The van der Waals surface area contributed by atoms with Crippen LogP contribution in [0.15, 0.2) is 59.1 Å². The number of pyridine rings is 1. The van der Waals surface area contributed by atoms with Gasteiger partial charge in [0.15, 0.2) is 23.3 Å². The van der Waals surface area contributed by atoms with Crippen LogP contribution in [0.2, 0.25) is 0 Å². The van der Waals surface area contributed by atoms with Crippen molar-refractivity contribution in [2.24, 2.45) is 0 Å². The van der Waals surface area contributed by atoms with E-state index in [1.54, 1.807) is 0 Å². The maximum atomic E-state index is 12.4. The van der Waals surface area contributed by atoms with Crippen molar-refractivity contribution in [3.63, 3.8) is 0 Å². The molecule has 4 rings (SSSR count). The van der Waals surface area contributed by atoms with Crippen molar-refractivity contribution in [2.45, 2.75) is 0 Å². The van der Waals surface area contributed by atoms with E-state index in [0.717, 1.165) is 11.0 Å². The first-order valence-electron chi connectivity index (χ1n) is 7.31. The molecule has 0 aliphatic carbocycles. The van der Waals surface area contributed by atoms with Gasteiger partial charge in [0, 0.05) is 10.8 Å². The molecule has 0 aliphatic rings. The van der Waals surface area contributed by atoms with Gasteiger partial charge in [0.2, 0.25) is 5.82 Å². The Bertz CT molecular complexity index is 904. The third-order valence-electron chi connectivity index (χ3n) is 3.58. The van der Waals surface area contributed by atoms with Gasteiger partial charge in [-0.2, -0.15) is 0 Å². The summed E-state index contributed by atoms with van der Waals surface area (Å²) in [6.45, 7) is 0. The molecule has 1 nitrogen and oxygen atoms in total. The fraction of sp³-hybridized carbons (Fsp3) is 0. The molecular formula is C19H9BrF5N. The Labute approximate surface area is 153 Å². The zero-order chi connectivity index (χ0) is 18.8. The van der Waals surface area contributed by atoms with Gasteiger partial charge >= 0.3 is 0 Å². The third kappa shape index (κ3) is 3.39. The van der Waals surface area contributed by atoms with Gasteiger partial charge in [-0.3, -0.25) is 0 Å². The summed E-state index contributed by atoms with van der Waals surface area (Å²) in [6.07, 6.45) is 0. The van der Waals surface area contributed by atoms with Crippen molar-refractivity contribution in [1.29, 1.82) is 0 Å². The summed E-state index contributed by atoms with van der Waals surface area (Å²) in [4.78, 5) is 4.58. The van der Waals surface area contributed by atoms with Gasteiger partial charge in [0.1, 0.15) is 0 Å². The lowest BCUT2D eigenvalue weighted by atomic mass is 10.1. The van der Waals surface area contributed by atoms with Gasteiger partial charge in [-0.25, -0.2) is 26.9 Å². The lowest BCUT2D eigenvalue weighted by molar-refractivity contribution is 0.374. The van der Waals surface area contributed by atoms with Gasteiger partial charge in [0.05, 0.1) is 15.5 Å². The molecule has 0 amide bonds. The highest BCUT2D eigenvalue weighted by Crippen LogP contribution is 2.26. The molecule has 7 heteroatoms. The van der Waals surface area contributed by atoms with Gasteiger partial charge in [-0.1, -0.05) is 36.4 Å². The first-order valence-corrected chi connectivity index (χ1v) is 8.11. The number of hydrogen-bond acceptors (Lipinski definition) is 1. The van der Waals surface area contributed by atoms with Crippen LogP contribution in [0.1, 0.15) is 0 Å². The van der Waals surface area contributed by atoms with Gasteiger partial charge in [0.25, 0.3) is 0 Å². The number of hydrogen-bond donors (Lipinski definition) is 0. The number of benzene rings is 3. The van der Waals surface area contributed by atoms with E-state index >= 15 is 0 Å². The highest BCUT2D eigenvalue weighted by Gasteiger charge is 2.23. The lowest BCUT2D eigenvalue weighted by Crippen LogP contribution is -2.01. The Hall–Kier alpha value is -2.54. The summed E-state index contributed by atoms with van der Waals surface area (Å²) in [5.41, 5.74) is 2.12. The van der Waals surface area contributed by atoms with E-state index in [4.69, 9.17) is 0 Å². The largest absolute Gasteiger partial charge is 0.248 e. The van der Waals surface area contributed by atoms with Crippen molar-refractivity contribution in [3.05, 3.63) is 88.2 Å². The molecule has 0 saturated heterocycles. The normalized spacial score (nSPS) is 10.7. The van der Waals surface area contributed by atoms with E-state index in [0.29, 0.717) is 0 Å². The number of halogens is 6. The van der Waals surface area contributed by atoms with E-state index in [2.05, 4.69) is 39.1 Å². The van der Waals surface area contributed by atoms with Crippen molar-refractivity contribution >= 4 is 37.7 Å². The zero-order valence-corrected chi connectivity index (χ0v) is 14.5. The van der Waals surface area contributed by atoms with Crippen LogP contribution >= 0.6 is 15.9 Å². The fourth-order valence-corrected chi connectivity index (χ4v) is 2.65. The predicted octanol–water partition coefficient (Wildman–Crippen LogP) is 6.53. The molecule has 0 unspecified atom stereocenters. The maximum Gasteiger partial charge on any atom is 0.200 e. The van der Waals surface area contributed by atoms with Gasteiger partial charge < -0.3 is 0 Å². The number of para-hydroxylation sites is 2. The first kappa shape index (κ1) is 18.3. The number of fused-ring (bicyclic) bond motifs is 2. The Kier molecular flexibility index (Phi) is 5.18. The average Bonchev–Trinajstić information content (AvgIpc) is 2.68. The molecule has 0 saturated carbocycles. The Morgan fingerprint density at radius 1 is 0.577 bits per heavy atom. The quantitative estimate of drug-likeness (QED) is 0.135. The van der Waals surface area contributed by atoms with Crippen LogP contribution < -0.4 is 0 Å². The summed E-state index contributed by atoms with van der Waals surface area (Å²) < 4.78 is 60.3. The van der Waals surface area contributed by atoms with Gasteiger partial charge in [-0.05, 0) is 34.1 Å². The molecular weight excluding hydrogens is 417 g/mol. The van der Waals surface area contributed by atoms with Gasteiger partial charge in [-0.15, -0.1) is 0 Å². The van der Waals surface area contributed by atoms with Crippen LogP contribution in [0.25, 0.3) is 21.8 Å². The van der Waals surface area contributed by atoms with Crippen LogP contribution in [0.5, 0.6) is 0 Å². The van der Waals surface area contributed by atoms with E-state index in [1.807, 2.05) is 36.4 Å². The second kappa shape index (κ2) is 7.37. The second-order valence-electron chi connectivity index (χ2n) is 5.26. The number of aromatic nitrogens is 1. The molecule has 0 fully saturated rings. The molecule has 3 aromatic carbocycles.